The lowest BCUT2D eigenvalue weighted by Gasteiger charge is -2.28. The van der Waals surface area contributed by atoms with E-state index in [1.807, 2.05) is 30.3 Å². The first-order chi connectivity index (χ1) is 13.5. The molecule has 7 nitrogen and oxygen atoms in total. The van der Waals surface area contributed by atoms with Crippen LogP contribution in [0.2, 0.25) is 0 Å². The summed E-state index contributed by atoms with van der Waals surface area (Å²) < 4.78 is 5.77. The standard InChI is InChI=1S/C21H25N3O4/c1-11(24-20(26)17-15-7-8-16(28-15)18(17)21(24)27)19(25)23-9-13(14(22)10-23)12-5-3-2-4-6-12/h2-6,11,13-18H,7-10,22H2,1H3/t11?,13-,14+,15?,16?,17?,18?/m0/s1. The quantitative estimate of drug-likeness (QED) is 0.767. The highest BCUT2D eigenvalue weighted by Gasteiger charge is 2.63. The van der Waals surface area contributed by atoms with E-state index >= 15 is 0 Å². The van der Waals surface area contributed by atoms with Crippen LogP contribution in [0.4, 0.5) is 0 Å². The molecule has 0 aromatic heterocycles. The molecule has 1 aromatic carbocycles. The first-order valence-electron chi connectivity index (χ1n) is 10.1. The number of ether oxygens (including phenoxy) is 1. The van der Waals surface area contributed by atoms with Crippen LogP contribution in [0.15, 0.2) is 30.3 Å². The number of carbonyl (C=O) groups is 3. The zero-order valence-corrected chi connectivity index (χ0v) is 15.9. The molecule has 2 N–H and O–H groups in total. The van der Waals surface area contributed by atoms with Gasteiger partial charge in [-0.15, -0.1) is 0 Å². The van der Waals surface area contributed by atoms with Crippen LogP contribution in [0.1, 0.15) is 31.2 Å². The molecule has 7 heteroatoms. The highest BCUT2D eigenvalue weighted by Crippen LogP contribution is 2.49. The maximum absolute atomic E-state index is 13.1. The second kappa shape index (κ2) is 6.39. The molecular formula is C21H25N3O4. The largest absolute Gasteiger partial charge is 0.373 e. The number of imide groups is 1. The Morgan fingerprint density at radius 1 is 1.07 bits per heavy atom. The molecule has 2 bridgehead atoms. The summed E-state index contributed by atoms with van der Waals surface area (Å²) in [7, 11) is 0. The van der Waals surface area contributed by atoms with Crippen molar-refractivity contribution in [3.8, 4) is 0 Å². The van der Waals surface area contributed by atoms with E-state index in [0.717, 1.165) is 18.4 Å². The van der Waals surface area contributed by atoms with Gasteiger partial charge in [-0.3, -0.25) is 19.3 Å². The maximum Gasteiger partial charge on any atom is 0.245 e. The van der Waals surface area contributed by atoms with Crippen molar-refractivity contribution in [1.82, 2.24) is 9.80 Å². The van der Waals surface area contributed by atoms with Gasteiger partial charge < -0.3 is 15.4 Å². The van der Waals surface area contributed by atoms with Crippen molar-refractivity contribution < 1.29 is 19.1 Å². The van der Waals surface area contributed by atoms with Crippen LogP contribution >= 0.6 is 0 Å². The minimum absolute atomic E-state index is 0.0611. The summed E-state index contributed by atoms with van der Waals surface area (Å²) in [5.74, 6) is -1.44. The van der Waals surface area contributed by atoms with E-state index in [-0.39, 0.29) is 41.9 Å². The van der Waals surface area contributed by atoms with Crippen LogP contribution in [0.5, 0.6) is 0 Å². The van der Waals surface area contributed by atoms with Gasteiger partial charge in [0.1, 0.15) is 6.04 Å². The highest BCUT2D eigenvalue weighted by molar-refractivity contribution is 6.09. The number of rotatable bonds is 3. The normalized spacial score (nSPS) is 37.6. The minimum atomic E-state index is -0.799. The van der Waals surface area contributed by atoms with Gasteiger partial charge in [-0.05, 0) is 25.3 Å². The van der Waals surface area contributed by atoms with Gasteiger partial charge in [-0.1, -0.05) is 30.3 Å². The molecule has 7 atom stereocenters. The van der Waals surface area contributed by atoms with Gasteiger partial charge >= 0.3 is 0 Å². The molecule has 4 saturated heterocycles. The van der Waals surface area contributed by atoms with Crippen LogP contribution in [-0.2, 0) is 19.1 Å². The SMILES string of the molecule is CC(C(=O)N1C[C@@H](N)[C@H](c2ccccc2)C1)N1C(=O)C2C3CCC(O3)C2C1=O. The van der Waals surface area contributed by atoms with Crippen LogP contribution in [0.3, 0.4) is 0 Å². The van der Waals surface area contributed by atoms with E-state index in [1.54, 1.807) is 11.8 Å². The number of amides is 3. The van der Waals surface area contributed by atoms with Crippen molar-refractivity contribution in [3.63, 3.8) is 0 Å². The molecule has 3 amide bonds. The van der Waals surface area contributed by atoms with Gasteiger partial charge in [0, 0.05) is 25.0 Å². The smallest absolute Gasteiger partial charge is 0.245 e. The fourth-order valence-corrected chi connectivity index (χ4v) is 5.55. The number of nitrogens with two attached hydrogens (primary N) is 1. The number of carbonyl (C=O) groups excluding carboxylic acids is 3. The van der Waals surface area contributed by atoms with Gasteiger partial charge in [0.2, 0.25) is 17.7 Å². The molecule has 5 unspecified atom stereocenters. The lowest BCUT2D eigenvalue weighted by atomic mass is 9.81. The van der Waals surface area contributed by atoms with Crippen molar-refractivity contribution in [2.75, 3.05) is 13.1 Å². The van der Waals surface area contributed by atoms with E-state index in [9.17, 15) is 14.4 Å². The predicted octanol–water partition coefficient (Wildman–Crippen LogP) is 0.491. The van der Waals surface area contributed by atoms with E-state index < -0.39 is 17.9 Å². The summed E-state index contributed by atoms with van der Waals surface area (Å²) in [4.78, 5) is 41.9. The maximum atomic E-state index is 13.1. The Balaban J connectivity index is 1.32. The average molecular weight is 383 g/mol. The highest BCUT2D eigenvalue weighted by atomic mass is 16.5. The summed E-state index contributed by atoms with van der Waals surface area (Å²) >= 11 is 0. The summed E-state index contributed by atoms with van der Waals surface area (Å²) in [5.41, 5.74) is 7.41. The molecule has 0 radical (unpaired) electrons. The van der Waals surface area contributed by atoms with Gasteiger partial charge in [0.25, 0.3) is 0 Å². The fourth-order valence-electron chi connectivity index (χ4n) is 5.55. The van der Waals surface area contributed by atoms with Gasteiger partial charge in [0.05, 0.1) is 24.0 Å². The van der Waals surface area contributed by atoms with E-state index in [2.05, 4.69) is 0 Å². The molecule has 5 rings (SSSR count). The van der Waals surface area contributed by atoms with Crippen molar-refractivity contribution in [2.45, 2.75) is 50.0 Å². The van der Waals surface area contributed by atoms with Crippen molar-refractivity contribution >= 4 is 17.7 Å². The second-order valence-corrected chi connectivity index (χ2v) is 8.49. The van der Waals surface area contributed by atoms with Gasteiger partial charge in [-0.2, -0.15) is 0 Å². The Morgan fingerprint density at radius 3 is 2.29 bits per heavy atom. The molecule has 0 saturated carbocycles. The number of hydrogen-bond donors (Lipinski definition) is 1. The molecule has 0 aliphatic carbocycles. The molecule has 148 valence electrons. The van der Waals surface area contributed by atoms with E-state index in [0.29, 0.717) is 13.1 Å². The Morgan fingerprint density at radius 2 is 1.68 bits per heavy atom. The molecule has 28 heavy (non-hydrogen) atoms. The Bertz CT molecular complexity index is 800. The Kier molecular flexibility index (Phi) is 4.07. The fraction of sp³-hybridized carbons (Fsp3) is 0.571. The molecule has 1 aromatic rings. The minimum Gasteiger partial charge on any atom is -0.373 e. The number of fused-ring (bicyclic) bond motifs is 5. The summed E-state index contributed by atoms with van der Waals surface area (Å²) in [5, 5.41) is 0. The lowest BCUT2D eigenvalue weighted by Crippen LogP contribution is -2.50. The number of likely N-dealkylation sites (tertiary alicyclic amines) is 2. The number of benzene rings is 1. The van der Waals surface area contributed by atoms with Gasteiger partial charge in [0.15, 0.2) is 0 Å². The lowest BCUT2D eigenvalue weighted by molar-refractivity contribution is -0.152. The number of nitrogens with zero attached hydrogens (tertiary/aromatic N) is 2. The van der Waals surface area contributed by atoms with Crippen LogP contribution in [0.25, 0.3) is 0 Å². The summed E-state index contributed by atoms with van der Waals surface area (Å²) in [6.07, 6.45) is 1.31. The van der Waals surface area contributed by atoms with Crippen LogP contribution in [-0.4, -0.2) is 64.9 Å². The topological polar surface area (TPSA) is 92.9 Å². The van der Waals surface area contributed by atoms with Crippen molar-refractivity contribution in [2.24, 2.45) is 17.6 Å². The molecule has 0 spiro atoms. The monoisotopic (exact) mass is 383 g/mol. The zero-order chi connectivity index (χ0) is 19.6. The predicted molar refractivity (Wildman–Crippen MR) is 99.9 cm³/mol. The number of hydrogen-bond acceptors (Lipinski definition) is 5. The van der Waals surface area contributed by atoms with Crippen molar-refractivity contribution in [3.05, 3.63) is 35.9 Å². The summed E-state index contributed by atoms with van der Waals surface area (Å²) in [6.45, 7) is 2.59. The third kappa shape index (κ3) is 2.46. The Labute approximate surface area is 163 Å². The third-order valence-corrected chi connectivity index (χ3v) is 6.97. The first kappa shape index (κ1) is 17.8. The molecule has 4 heterocycles. The molecule has 4 aliphatic heterocycles. The molecule has 4 aliphatic rings. The van der Waals surface area contributed by atoms with Crippen LogP contribution in [0, 0.1) is 11.8 Å². The zero-order valence-electron chi connectivity index (χ0n) is 15.9. The average Bonchev–Trinajstić information content (AvgIpc) is 3.45. The third-order valence-electron chi connectivity index (χ3n) is 6.97. The first-order valence-corrected chi connectivity index (χ1v) is 10.1. The van der Waals surface area contributed by atoms with Gasteiger partial charge in [-0.25, -0.2) is 0 Å². The Hall–Kier alpha value is -2.25. The molecule has 4 fully saturated rings. The van der Waals surface area contributed by atoms with Crippen LogP contribution < -0.4 is 5.73 Å². The molecular weight excluding hydrogens is 358 g/mol. The van der Waals surface area contributed by atoms with E-state index in [4.69, 9.17) is 10.5 Å². The van der Waals surface area contributed by atoms with Crippen molar-refractivity contribution in [1.29, 1.82) is 0 Å². The summed E-state index contributed by atoms with van der Waals surface area (Å²) in [6, 6.07) is 8.96. The second-order valence-electron chi connectivity index (χ2n) is 8.49. The van der Waals surface area contributed by atoms with E-state index in [1.165, 1.54) is 4.90 Å².